The van der Waals surface area contributed by atoms with E-state index in [9.17, 15) is 4.79 Å². The Morgan fingerprint density at radius 1 is 1.53 bits per heavy atom. The van der Waals surface area contributed by atoms with Gasteiger partial charge in [0.25, 0.3) is 5.91 Å². The standard InChI is InChI=1S/C13H19N3O2S/c1-3-6-10(12(14)16-18)15-13(17)9-7-4-5-8-11(9)19-2/h4-5,7-8,10,18H,3,6H2,1-2H3,(H2,14,16)(H,15,17). The molecule has 0 fully saturated rings. The molecule has 1 aromatic rings. The van der Waals surface area contributed by atoms with E-state index in [4.69, 9.17) is 10.9 Å². The molecule has 1 unspecified atom stereocenters. The first-order valence-electron chi connectivity index (χ1n) is 6.05. The van der Waals surface area contributed by atoms with Crippen molar-refractivity contribution >= 4 is 23.5 Å². The molecule has 1 atom stereocenters. The first-order valence-corrected chi connectivity index (χ1v) is 7.27. The van der Waals surface area contributed by atoms with Crippen LogP contribution in [0.25, 0.3) is 0 Å². The van der Waals surface area contributed by atoms with Crippen LogP contribution in [0.5, 0.6) is 0 Å². The molecular weight excluding hydrogens is 262 g/mol. The number of benzene rings is 1. The van der Waals surface area contributed by atoms with Gasteiger partial charge in [-0.05, 0) is 24.8 Å². The third-order valence-electron chi connectivity index (χ3n) is 2.71. The van der Waals surface area contributed by atoms with Gasteiger partial charge in [0.2, 0.25) is 0 Å². The van der Waals surface area contributed by atoms with Gasteiger partial charge in [-0.2, -0.15) is 0 Å². The molecule has 6 heteroatoms. The van der Waals surface area contributed by atoms with Crippen molar-refractivity contribution in [1.82, 2.24) is 5.32 Å². The fourth-order valence-corrected chi connectivity index (χ4v) is 2.32. The highest BCUT2D eigenvalue weighted by Crippen LogP contribution is 2.19. The predicted octanol–water partition coefficient (Wildman–Crippen LogP) is 2.05. The van der Waals surface area contributed by atoms with Crippen LogP contribution in [-0.2, 0) is 0 Å². The molecule has 0 aliphatic heterocycles. The third kappa shape index (κ3) is 4.17. The van der Waals surface area contributed by atoms with Crippen molar-refractivity contribution in [3.8, 4) is 0 Å². The van der Waals surface area contributed by atoms with E-state index in [-0.39, 0.29) is 11.7 Å². The first kappa shape index (κ1) is 15.4. The number of carbonyl (C=O) groups excluding carboxylic acids is 1. The summed E-state index contributed by atoms with van der Waals surface area (Å²) in [7, 11) is 0. The van der Waals surface area contributed by atoms with Crippen LogP contribution in [0.1, 0.15) is 30.1 Å². The lowest BCUT2D eigenvalue weighted by atomic mass is 10.1. The van der Waals surface area contributed by atoms with Crippen molar-refractivity contribution in [1.29, 1.82) is 0 Å². The lowest BCUT2D eigenvalue weighted by Crippen LogP contribution is -2.44. The van der Waals surface area contributed by atoms with Gasteiger partial charge in [0.1, 0.15) is 0 Å². The fraction of sp³-hybridized carbons (Fsp3) is 0.385. The van der Waals surface area contributed by atoms with Gasteiger partial charge in [0, 0.05) is 4.90 Å². The van der Waals surface area contributed by atoms with Gasteiger partial charge >= 0.3 is 0 Å². The van der Waals surface area contributed by atoms with Gasteiger partial charge in [0.05, 0.1) is 11.6 Å². The molecule has 0 spiro atoms. The normalized spacial score (nSPS) is 13.1. The molecular formula is C13H19N3O2S. The summed E-state index contributed by atoms with van der Waals surface area (Å²) in [5.74, 6) is -0.188. The van der Waals surface area contributed by atoms with Gasteiger partial charge in [-0.3, -0.25) is 4.79 Å². The van der Waals surface area contributed by atoms with Crippen LogP contribution in [0.3, 0.4) is 0 Å². The second-order valence-electron chi connectivity index (χ2n) is 4.04. The molecule has 0 aliphatic rings. The molecule has 0 saturated heterocycles. The summed E-state index contributed by atoms with van der Waals surface area (Å²) in [5.41, 5.74) is 6.18. The average molecular weight is 281 g/mol. The quantitative estimate of drug-likeness (QED) is 0.245. The van der Waals surface area contributed by atoms with Gasteiger partial charge in [-0.1, -0.05) is 30.6 Å². The van der Waals surface area contributed by atoms with E-state index in [1.165, 1.54) is 11.8 Å². The van der Waals surface area contributed by atoms with E-state index >= 15 is 0 Å². The van der Waals surface area contributed by atoms with E-state index in [0.29, 0.717) is 12.0 Å². The van der Waals surface area contributed by atoms with Crippen LogP contribution >= 0.6 is 11.8 Å². The van der Waals surface area contributed by atoms with E-state index in [0.717, 1.165) is 11.3 Å². The second-order valence-corrected chi connectivity index (χ2v) is 4.89. The molecule has 4 N–H and O–H groups in total. The smallest absolute Gasteiger partial charge is 0.253 e. The van der Waals surface area contributed by atoms with E-state index in [1.54, 1.807) is 6.07 Å². The third-order valence-corrected chi connectivity index (χ3v) is 3.50. The zero-order valence-electron chi connectivity index (χ0n) is 11.1. The Kier molecular flexibility index (Phi) is 6.21. The van der Waals surface area contributed by atoms with Crippen molar-refractivity contribution in [2.45, 2.75) is 30.7 Å². The number of nitrogens with one attached hydrogen (secondary N) is 1. The minimum absolute atomic E-state index is 0.0248. The Bertz CT molecular complexity index is 463. The van der Waals surface area contributed by atoms with Crippen molar-refractivity contribution in [3.05, 3.63) is 29.8 Å². The fourth-order valence-electron chi connectivity index (χ4n) is 1.72. The maximum atomic E-state index is 12.2. The monoisotopic (exact) mass is 281 g/mol. The second kappa shape index (κ2) is 7.68. The van der Waals surface area contributed by atoms with E-state index < -0.39 is 6.04 Å². The molecule has 0 aromatic heterocycles. The van der Waals surface area contributed by atoms with Crippen molar-refractivity contribution < 1.29 is 10.0 Å². The summed E-state index contributed by atoms with van der Waals surface area (Å²) < 4.78 is 0. The van der Waals surface area contributed by atoms with Gasteiger partial charge in [-0.25, -0.2) is 0 Å². The Labute approximate surface area is 117 Å². The Morgan fingerprint density at radius 2 is 2.21 bits per heavy atom. The molecule has 0 radical (unpaired) electrons. The SMILES string of the molecule is CCCC(NC(=O)c1ccccc1SC)C(N)=NO. The molecule has 1 amide bonds. The maximum Gasteiger partial charge on any atom is 0.253 e. The highest BCUT2D eigenvalue weighted by molar-refractivity contribution is 7.98. The first-order chi connectivity index (χ1) is 9.13. The van der Waals surface area contributed by atoms with Crippen LogP contribution in [-0.4, -0.2) is 29.2 Å². The topological polar surface area (TPSA) is 87.7 Å². The molecule has 0 heterocycles. The average Bonchev–Trinajstić information content (AvgIpc) is 2.45. The van der Waals surface area contributed by atoms with Gasteiger partial charge < -0.3 is 16.3 Å². The van der Waals surface area contributed by atoms with Crippen LogP contribution < -0.4 is 11.1 Å². The van der Waals surface area contributed by atoms with Crippen LogP contribution in [0, 0.1) is 0 Å². The zero-order valence-corrected chi connectivity index (χ0v) is 11.9. The molecule has 1 aromatic carbocycles. The maximum absolute atomic E-state index is 12.2. The largest absolute Gasteiger partial charge is 0.409 e. The van der Waals surface area contributed by atoms with E-state index in [1.807, 2.05) is 31.4 Å². The lowest BCUT2D eigenvalue weighted by molar-refractivity contribution is 0.0942. The summed E-state index contributed by atoms with van der Waals surface area (Å²) in [6, 6.07) is 6.90. The van der Waals surface area contributed by atoms with Crippen LogP contribution in [0.15, 0.2) is 34.3 Å². The lowest BCUT2D eigenvalue weighted by Gasteiger charge is -2.17. The number of hydrogen-bond acceptors (Lipinski definition) is 4. The Balaban J connectivity index is 2.87. The number of amides is 1. The number of amidine groups is 1. The number of oxime groups is 1. The minimum atomic E-state index is -0.447. The van der Waals surface area contributed by atoms with Crippen molar-refractivity contribution in [2.24, 2.45) is 10.9 Å². The van der Waals surface area contributed by atoms with Gasteiger partial charge in [0.15, 0.2) is 5.84 Å². The molecule has 0 saturated carbocycles. The zero-order chi connectivity index (χ0) is 14.3. The molecule has 1 rings (SSSR count). The number of nitrogens with zero attached hydrogens (tertiary/aromatic N) is 1. The Morgan fingerprint density at radius 3 is 2.79 bits per heavy atom. The molecule has 19 heavy (non-hydrogen) atoms. The van der Waals surface area contributed by atoms with Crippen molar-refractivity contribution in [2.75, 3.05) is 6.26 Å². The summed E-state index contributed by atoms with van der Waals surface area (Å²) in [5, 5.41) is 14.5. The highest BCUT2D eigenvalue weighted by atomic mass is 32.2. The Hall–Kier alpha value is -1.69. The number of thioether (sulfide) groups is 1. The van der Waals surface area contributed by atoms with Crippen LogP contribution in [0.4, 0.5) is 0 Å². The molecule has 5 nitrogen and oxygen atoms in total. The number of carbonyl (C=O) groups is 1. The van der Waals surface area contributed by atoms with E-state index in [2.05, 4.69) is 10.5 Å². The summed E-state index contributed by atoms with van der Waals surface area (Å²) in [4.78, 5) is 13.1. The molecule has 104 valence electrons. The predicted molar refractivity (Wildman–Crippen MR) is 77.8 cm³/mol. The molecule has 0 bridgehead atoms. The number of nitrogens with two attached hydrogens (primary N) is 1. The summed E-state index contributed by atoms with van der Waals surface area (Å²) in [6.07, 6.45) is 3.37. The molecule has 0 aliphatic carbocycles. The minimum Gasteiger partial charge on any atom is -0.409 e. The summed E-state index contributed by atoms with van der Waals surface area (Å²) >= 11 is 1.51. The van der Waals surface area contributed by atoms with Gasteiger partial charge in [-0.15, -0.1) is 11.8 Å². The van der Waals surface area contributed by atoms with Crippen LogP contribution in [0.2, 0.25) is 0 Å². The van der Waals surface area contributed by atoms with Crippen molar-refractivity contribution in [3.63, 3.8) is 0 Å². The highest BCUT2D eigenvalue weighted by Gasteiger charge is 2.18. The summed E-state index contributed by atoms with van der Waals surface area (Å²) in [6.45, 7) is 1.97. The number of rotatable bonds is 6. The number of hydrogen-bond donors (Lipinski definition) is 3.